The molecule has 2 N–H and O–H groups in total. The summed E-state index contributed by atoms with van der Waals surface area (Å²) in [5.41, 5.74) is 3.24. The molecule has 0 aliphatic carbocycles. The van der Waals surface area contributed by atoms with Crippen LogP contribution in [0.5, 0.6) is 0 Å². The van der Waals surface area contributed by atoms with E-state index in [1.165, 1.54) is 5.56 Å². The van der Waals surface area contributed by atoms with E-state index in [0.717, 1.165) is 30.6 Å². The molecule has 0 bridgehead atoms. The number of amides is 2. The molecule has 1 aliphatic rings. The number of likely N-dealkylation sites (tertiary alicyclic amines) is 1. The van der Waals surface area contributed by atoms with E-state index < -0.39 is 12.1 Å². The second-order valence-corrected chi connectivity index (χ2v) is 7.82. The maximum atomic E-state index is 12.9. The number of benzene rings is 2. The van der Waals surface area contributed by atoms with E-state index in [1.807, 2.05) is 42.2 Å². The van der Waals surface area contributed by atoms with Gasteiger partial charge >= 0.3 is 18.2 Å². The van der Waals surface area contributed by atoms with Crippen molar-refractivity contribution in [3.8, 4) is 0 Å². The van der Waals surface area contributed by atoms with E-state index in [4.69, 9.17) is 9.90 Å². The maximum Gasteiger partial charge on any atom is 0.490 e. The van der Waals surface area contributed by atoms with E-state index in [1.54, 1.807) is 0 Å². The van der Waals surface area contributed by atoms with Crippen molar-refractivity contribution in [1.82, 2.24) is 9.80 Å². The van der Waals surface area contributed by atoms with Crippen LogP contribution in [0, 0.1) is 6.92 Å². The van der Waals surface area contributed by atoms with Crippen LogP contribution in [0.4, 0.5) is 23.7 Å². The minimum atomic E-state index is -5.08. The van der Waals surface area contributed by atoms with Crippen molar-refractivity contribution in [3.05, 3.63) is 65.7 Å². The number of carboxylic acids is 1. The molecule has 0 radical (unpaired) electrons. The highest BCUT2D eigenvalue weighted by Gasteiger charge is 2.39. The molecule has 0 spiro atoms. The van der Waals surface area contributed by atoms with Gasteiger partial charge in [-0.2, -0.15) is 13.2 Å². The number of urea groups is 1. The third kappa shape index (κ3) is 6.98. The molecule has 0 unspecified atom stereocenters. The number of nitrogens with zero attached hydrogens (tertiary/aromatic N) is 2. The summed E-state index contributed by atoms with van der Waals surface area (Å²) in [6.07, 6.45) is -3.20. The molecule has 2 aromatic rings. The first-order chi connectivity index (χ1) is 15.0. The summed E-state index contributed by atoms with van der Waals surface area (Å²) in [5, 5.41) is 10.2. The van der Waals surface area contributed by atoms with Crippen LogP contribution in [-0.4, -0.2) is 65.8 Å². The predicted molar refractivity (Wildman–Crippen MR) is 117 cm³/mol. The fourth-order valence-corrected chi connectivity index (χ4v) is 3.69. The lowest BCUT2D eigenvalue weighted by atomic mass is 9.99. The molecule has 1 aliphatic heterocycles. The van der Waals surface area contributed by atoms with Crippen LogP contribution in [0.15, 0.2) is 54.6 Å². The zero-order valence-corrected chi connectivity index (χ0v) is 18.3. The van der Waals surface area contributed by atoms with Crippen molar-refractivity contribution >= 4 is 17.7 Å². The van der Waals surface area contributed by atoms with E-state index in [-0.39, 0.29) is 12.1 Å². The standard InChI is InChI=1S/C21H27N3O.C2HF3O2/c1-16-9-7-8-12-18(16)22-21(25)24-14-13-19(23(2)3)20(24)15-17-10-5-4-6-11-17;3-2(4,5)1(6)7/h4-12,19-20H,13-15H2,1-3H3,(H,22,25);(H,6,7)/t19-,20+;/m1./s1. The minimum absolute atomic E-state index is 0.000388. The van der Waals surface area contributed by atoms with Crippen LogP contribution >= 0.6 is 0 Å². The largest absolute Gasteiger partial charge is 0.490 e. The van der Waals surface area contributed by atoms with Crippen LogP contribution < -0.4 is 5.32 Å². The Kier molecular flexibility index (Phi) is 8.65. The molecule has 1 saturated heterocycles. The summed E-state index contributed by atoms with van der Waals surface area (Å²) in [6.45, 7) is 2.81. The first-order valence-electron chi connectivity index (χ1n) is 10.1. The van der Waals surface area contributed by atoms with Gasteiger partial charge in [-0.25, -0.2) is 9.59 Å². The summed E-state index contributed by atoms with van der Waals surface area (Å²) < 4.78 is 31.7. The Hall–Kier alpha value is -3.07. The average Bonchev–Trinajstić information content (AvgIpc) is 3.14. The third-order valence-corrected chi connectivity index (χ3v) is 5.35. The Bertz CT molecular complexity index is 904. The number of alkyl halides is 3. The number of hydrogen-bond acceptors (Lipinski definition) is 3. The Morgan fingerprint density at radius 2 is 1.66 bits per heavy atom. The highest BCUT2D eigenvalue weighted by molar-refractivity contribution is 5.90. The van der Waals surface area contributed by atoms with Crippen LogP contribution in [0.3, 0.4) is 0 Å². The molecule has 1 heterocycles. The number of hydrogen-bond donors (Lipinski definition) is 2. The summed E-state index contributed by atoms with van der Waals surface area (Å²) in [6, 6.07) is 18.9. The first-order valence-corrected chi connectivity index (χ1v) is 10.1. The molecule has 1 fully saturated rings. The van der Waals surface area contributed by atoms with Gasteiger partial charge in [-0.1, -0.05) is 48.5 Å². The summed E-state index contributed by atoms with van der Waals surface area (Å²) in [5.74, 6) is -2.76. The number of likely N-dealkylation sites (N-methyl/N-ethyl adjacent to an activating group) is 1. The van der Waals surface area contributed by atoms with Crippen LogP contribution in [-0.2, 0) is 11.2 Å². The SMILES string of the molecule is Cc1ccccc1NC(=O)N1CC[C@@H](N(C)C)[C@@H]1Cc1ccccc1.O=C(O)C(F)(F)F. The van der Waals surface area contributed by atoms with Gasteiger partial charge in [0, 0.05) is 18.3 Å². The van der Waals surface area contributed by atoms with Gasteiger partial charge in [0.05, 0.1) is 6.04 Å². The van der Waals surface area contributed by atoms with Gasteiger partial charge in [0.25, 0.3) is 0 Å². The van der Waals surface area contributed by atoms with Crippen LogP contribution in [0.2, 0.25) is 0 Å². The number of para-hydroxylation sites is 1. The molecule has 2 atom stereocenters. The number of halogens is 3. The van der Waals surface area contributed by atoms with E-state index in [2.05, 4.69) is 48.6 Å². The molecule has 2 aromatic carbocycles. The number of nitrogens with one attached hydrogen (secondary N) is 1. The van der Waals surface area contributed by atoms with Gasteiger partial charge in [-0.3, -0.25) is 0 Å². The molecular formula is C23H28F3N3O3. The third-order valence-electron chi connectivity index (χ3n) is 5.35. The number of carbonyl (C=O) groups is 2. The zero-order chi connectivity index (χ0) is 23.9. The van der Waals surface area contributed by atoms with E-state index in [9.17, 15) is 18.0 Å². The molecule has 0 aromatic heterocycles. The van der Waals surface area contributed by atoms with E-state index in [0.29, 0.717) is 6.04 Å². The highest BCUT2D eigenvalue weighted by atomic mass is 19.4. The molecule has 9 heteroatoms. The molecule has 2 amide bonds. The number of carbonyl (C=O) groups excluding carboxylic acids is 1. The van der Waals surface area contributed by atoms with Gasteiger partial charge in [0.1, 0.15) is 0 Å². The molecule has 3 rings (SSSR count). The maximum absolute atomic E-state index is 12.9. The first kappa shape index (κ1) is 25.2. The second kappa shape index (κ2) is 11.0. The van der Waals surface area contributed by atoms with Gasteiger partial charge < -0.3 is 20.2 Å². The van der Waals surface area contributed by atoms with Crippen molar-refractivity contribution < 1.29 is 27.9 Å². The van der Waals surface area contributed by atoms with Crippen LogP contribution in [0.1, 0.15) is 17.5 Å². The van der Waals surface area contributed by atoms with Gasteiger partial charge in [0.15, 0.2) is 0 Å². The molecule has 0 saturated carbocycles. The quantitative estimate of drug-likeness (QED) is 0.723. The normalized spacial score (nSPS) is 18.2. The van der Waals surface area contributed by atoms with Crippen molar-refractivity contribution in [1.29, 1.82) is 0 Å². The summed E-state index contributed by atoms with van der Waals surface area (Å²) in [4.78, 5) is 26.1. The van der Waals surface area contributed by atoms with Crippen molar-refractivity contribution in [2.75, 3.05) is 26.0 Å². The number of anilines is 1. The Morgan fingerprint density at radius 3 is 2.19 bits per heavy atom. The lowest BCUT2D eigenvalue weighted by molar-refractivity contribution is -0.192. The van der Waals surface area contributed by atoms with E-state index >= 15 is 0 Å². The second-order valence-electron chi connectivity index (χ2n) is 7.82. The summed E-state index contributed by atoms with van der Waals surface area (Å²) >= 11 is 0. The zero-order valence-electron chi connectivity index (χ0n) is 18.3. The monoisotopic (exact) mass is 451 g/mol. The predicted octanol–water partition coefficient (Wildman–Crippen LogP) is 4.41. The Morgan fingerprint density at radius 1 is 1.09 bits per heavy atom. The lowest BCUT2D eigenvalue weighted by Gasteiger charge is -2.31. The van der Waals surface area contributed by atoms with Crippen molar-refractivity contribution in [3.63, 3.8) is 0 Å². The molecule has 32 heavy (non-hydrogen) atoms. The highest BCUT2D eigenvalue weighted by Crippen LogP contribution is 2.26. The molecule has 174 valence electrons. The van der Waals surface area contributed by atoms with Crippen molar-refractivity contribution in [2.45, 2.75) is 38.0 Å². The van der Waals surface area contributed by atoms with Gasteiger partial charge in [-0.05, 0) is 51.1 Å². The minimum Gasteiger partial charge on any atom is -0.475 e. The number of carboxylic acid groups (broad SMARTS) is 1. The molecular weight excluding hydrogens is 423 g/mol. The topological polar surface area (TPSA) is 72.9 Å². The molecule has 6 nitrogen and oxygen atoms in total. The lowest BCUT2D eigenvalue weighted by Crippen LogP contribution is -2.47. The number of aryl methyl sites for hydroxylation is 1. The van der Waals surface area contributed by atoms with Crippen LogP contribution in [0.25, 0.3) is 0 Å². The Balaban J connectivity index is 0.000000451. The van der Waals surface area contributed by atoms with Gasteiger partial charge in [-0.15, -0.1) is 0 Å². The Labute approximate surface area is 185 Å². The van der Waals surface area contributed by atoms with Gasteiger partial charge in [0.2, 0.25) is 0 Å². The number of aliphatic carboxylic acids is 1. The smallest absolute Gasteiger partial charge is 0.475 e. The average molecular weight is 451 g/mol. The fourth-order valence-electron chi connectivity index (χ4n) is 3.69. The van der Waals surface area contributed by atoms with Crippen molar-refractivity contribution in [2.24, 2.45) is 0 Å². The fraction of sp³-hybridized carbons (Fsp3) is 0.391. The summed E-state index contributed by atoms with van der Waals surface area (Å²) in [7, 11) is 4.21. The number of rotatable bonds is 4.